The van der Waals surface area contributed by atoms with Crippen LogP contribution in [0.25, 0.3) is 21.8 Å². The number of aromatic nitrogens is 1. The zero-order valence-corrected chi connectivity index (χ0v) is 19.6. The second kappa shape index (κ2) is 9.62. The van der Waals surface area contributed by atoms with Crippen molar-refractivity contribution in [2.45, 2.75) is 19.4 Å². The van der Waals surface area contributed by atoms with E-state index in [9.17, 15) is 14.4 Å². The van der Waals surface area contributed by atoms with E-state index in [1.807, 2.05) is 64.1 Å². The third kappa shape index (κ3) is 4.37. The molecular weight excluding hydrogens is 442 g/mol. The van der Waals surface area contributed by atoms with Crippen LogP contribution < -0.4 is 15.5 Å². The topological polar surface area (TPSA) is 80.6 Å². The number of pyridine rings is 1. The largest absolute Gasteiger partial charge is 0.495 e. The Labute approximate surface area is 202 Å². The van der Waals surface area contributed by atoms with Crippen LogP contribution in [0.15, 0.2) is 77.6 Å². The van der Waals surface area contributed by atoms with Crippen LogP contribution in [-0.2, 0) is 16.1 Å². The SMILES string of the molecule is COc1ccccc1NC(=O)C1CCN(C(=O)Cn2c3ccccc3c(=O)c3ccccc32)CC1. The summed E-state index contributed by atoms with van der Waals surface area (Å²) in [6, 6.07) is 22.1. The number of para-hydroxylation sites is 4. The molecule has 1 aliphatic rings. The number of fused-ring (bicyclic) bond motifs is 2. The number of carbonyl (C=O) groups excluding carboxylic acids is 2. The third-order valence-electron chi connectivity index (χ3n) is 6.76. The molecular formula is C28H27N3O4. The average Bonchev–Trinajstić information content (AvgIpc) is 2.91. The number of methoxy groups -OCH3 is 1. The van der Waals surface area contributed by atoms with Gasteiger partial charge in [-0.1, -0.05) is 36.4 Å². The van der Waals surface area contributed by atoms with Crippen molar-refractivity contribution in [3.05, 3.63) is 83.0 Å². The number of nitrogens with zero attached hydrogens (tertiary/aromatic N) is 2. The first-order valence-electron chi connectivity index (χ1n) is 11.8. The van der Waals surface area contributed by atoms with Crippen LogP contribution in [-0.4, -0.2) is 41.5 Å². The van der Waals surface area contributed by atoms with Crippen LogP contribution in [0.1, 0.15) is 12.8 Å². The predicted octanol–water partition coefficient (Wildman–Crippen LogP) is 4.04. The molecule has 0 saturated carbocycles. The summed E-state index contributed by atoms with van der Waals surface area (Å²) < 4.78 is 7.24. The van der Waals surface area contributed by atoms with Gasteiger partial charge in [0.25, 0.3) is 0 Å². The number of benzene rings is 3. The van der Waals surface area contributed by atoms with Gasteiger partial charge in [-0.3, -0.25) is 14.4 Å². The molecule has 4 aromatic rings. The molecule has 0 bridgehead atoms. The molecule has 1 N–H and O–H groups in total. The first-order chi connectivity index (χ1) is 17.1. The molecule has 1 fully saturated rings. The zero-order chi connectivity index (χ0) is 24.4. The van der Waals surface area contributed by atoms with Gasteiger partial charge >= 0.3 is 0 Å². The summed E-state index contributed by atoms with van der Waals surface area (Å²) in [6.07, 6.45) is 1.19. The second-order valence-corrected chi connectivity index (χ2v) is 8.79. The first-order valence-corrected chi connectivity index (χ1v) is 11.8. The van der Waals surface area contributed by atoms with Crippen LogP contribution in [0.3, 0.4) is 0 Å². The summed E-state index contributed by atoms with van der Waals surface area (Å²) in [7, 11) is 1.57. The number of amides is 2. The smallest absolute Gasteiger partial charge is 0.242 e. The number of anilines is 1. The van der Waals surface area contributed by atoms with Crippen molar-refractivity contribution in [2.24, 2.45) is 5.92 Å². The maximum atomic E-state index is 13.3. The highest BCUT2D eigenvalue weighted by atomic mass is 16.5. The molecule has 1 saturated heterocycles. The van der Waals surface area contributed by atoms with Crippen LogP contribution in [0.4, 0.5) is 5.69 Å². The van der Waals surface area contributed by atoms with Gasteiger partial charge in [-0.15, -0.1) is 0 Å². The fourth-order valence-electron chi connectivity index (χ4n) is 4.86. The van der Waals surface area contributed by atoms with Crippen LogP contribution in [0, 0.1) is 5.92 Å². The lowest BCUT2D eigenvalue weighted by Gasteiger charge is -2.32. The van der Waals surface area contributed by atoms with Crippen LogP contribution in [0.5, 0.6) is 5.75 Å². The molecule has 7 nitrogen and oxygen atoms in total. The fourth-order valence-corrected chi connectivity index (χ4v) is 4.86. The minimum atomic E-state index is -0.168. The van der Waals surface area contributed by atoms with Gasteiger partial charge in [-0.2, -0.15) is 0 Å². The highest BCUT2D eigenvalue weighted by molar-refractivity contribution is 5.95. The van der Waals surface area contributed by atoms with Crippen molar-refractivity contribution in [2.75, 3.05) is 25.5 Å². The van der Waals surface area contributed by atoms with E-state index in [1.165, 1.54) is 0 Å². The van der Waals surface area contributed by atoms with Gasteiger partial charge in [0.15, 0.2) is 5.43 Å². The van der Waals surface area contributed by atoms with E-state index in [2.05, 4.69) is 5.32 Å². The zero-order valence-electron chi connectivity index (χ0n) is 19.6. The molecule has 7 heteroatoms. The van der Waals surface area contributed by atoms with Crippen molar-refractivity contribution >= 4 is 39.3 Å². The lowest BCUT2D eigenvalue weighted by atomic mass is 9.95. The Bertz CT molecular complexity index is 1410. The molecule has 0 unspecified atom stereocenters. The first kappa shape index (κ1) is 22.7. The molecule has 0 aliphatic carbocycles. The van der Waals surface area contributed by atoms with E-state index in [1.54, 1.807) is 25.3 Å². The number of hydrogen-bond donors (Lipinski definition) is 1. The highest BCUT2D eigenvalue weighted by Gasteiger charge is 2.28. The Kier molecular flexibility index (Phi) is 6.23. The van der Waals surface area contributed by atoms with Crippen molar-refractivity contribution in [3.8, 4) is 5.75 Å². The van der Waals surface area contributed by atoms with Crippen molar-refractivity contribution in [3.63, 3.8) is 0 Å². The number of hydrogen-bond acceptors (Lipinski definition) is 4. The number of ether oxygens (including phenoxy) is 1. The third-order valence-corrected chi connectivity index (χ3v) is 6.76. The Balaban J connectivity index is 1.30. The number of rotatable bonds is 5. The highest BCUT2D eigenvalue weighted by Crippen LogP contribution is 2.26. The van der Waals surface area contributed by atoms with Gasteiger partial charge in [-0.25, -0.2) is 0 Å². The molecule has 2 heterocycles. The second-order valence-electron chi connectivity index (χ2n) is 8.79. The molecule has 178 valence electrons. The molecule has 1 aliphatic heterocycles. The molecule has 2 amide bonds. The Morgan fingerprint density at radius 3 is 2.09 bits per heavy atom. The molecule has 0 radical (unpaired) electrons. The van der Waals surface area contributed by atoms with E-state index >= 15 is 0 Å². The Morgan fingerprint density at radius 2 is 1.46 bits per heavy atom. The van der Waals surface area contributed by atoms with Crippen LogP contribution >= 0.6 is 0 Å². The quantitative estimate of drug-likeness (QED) is 0.448. The number of likely N-dealkylation sites (tertiary alicyclic amines) is 1. The maximum absolute atomic E-state index is 13.3. The molecule has 35 heavy (non-hydrogen) atoms. The minimum Gasteiger partial charge on any atom is -0.495 e. The van der Waals surface area contributed by atoms with E-state index in [0.717, 1.165) is 11.0 Å². The molecule has 0 atom stereocenters. The summed E-state index contributed by atoms with van der Waals surface area (Å²) in [5, 5.41) is 4.16. The summed E-state index contributed by atoms with van der Waals surface area (Å²) >= 11 is 0. The standard InChI is InChI=1S/C28H27N3O4/c1-35-25-13-7-4-10-22(25)29-28(34)19-14-16-30(17-15-19)26(32)18-31-23-11-5-2-8-20(23)27(33)21-9-3-6-12-24(21)31/h2-13,19H,14-18H2,1H3,(H,29,34). The van der Waals surface area contributed by atoms with Crippen molar-refractivity contribution in [1.29, 1.82) is 0 Å². The Hall–Kier alpha value is -4.13. The molecule has 0 spiro atoms. The van der Waals surface area contributed by atoms with E-state index < -0.39 is 0 Å². The number of nitrogens with one attached hydrogen (secondary N) is 1. The summed E-state index contributed by atoms with van der Waals surface area (Å²) in [5.74, 6) is 0.374. The van der Waals surface area contributed by atoms with Gasteiger partial charge in [0, 0.05) is 29.8 Å². The number of piperidine rings is 1. The van der Waals surface area contributed by atoms with Crippen molar-refractivity contribution < 1.29 is 14.3 Å². The van der Waals surface area contributed by atoms with Gasteiger partial charge < -0.3 is 19.5 Å². The summed E-state index contributed by atoms with van der Waals surface area (Å²) in [4.78, 5) is 40.9. The average molecular weight is 470 g/mol. The number of carbonyl (C=O) groups is 2. The van der Waals surface area contributed by atoms with Crippen LogP contribution in [0.2, 0.25) is 0 Å². The monoisotopic (exact) mass is 469 g/mol. The lowest BCUT2D eigenvalue weighted by molar-refractivity contribution is -0.134. The van der Waals surface area contributed by atoms with Gasteiger partial charge in [0.2, 0.25) is 11.8 Å². The Morgan fingerprint density at radius 1 is 0.886 bits per heavy atom. The predicted molar refractivity (Wildman–Crippen MR) is 137 cm³/mol. The minimum absolute atomic E-state index is 0.0208. The van der Waals surface area contributed by atoms with Crippen molar-refractivity contribution in [1.82, 2.24) is 9.47 Å². The van der Waals surface area contributed by atoms with Gasteiger partial charge in [0.05, 0.1) is 23.8 Å². The lowest BCUT2D eigenvalue weighted by Crippen LogP contribution is -2.42. The molecule has 5 rings (SSSR count). The van der Waals surface area contributed by atoms with Gasteiger partial charge in [0.1, 0.15) is 12.3 Å². The summed E-state index contributed by atoms with van der Waals surface area (Å²) in [6.45, 7) is 1.16. The normalized spacial score (nSPS) is 14.3. The molecule has 1 aromatic heterocycles. The molecule has 3 aromatic carbocycles. The fraction of sp³-hybridized carbons (Fsp3) is 0.250. The summed E-state index contributed by atoms with van der Waals surface area (Å²) in [5.41, 5.74) is 2.11. The van der Waals surface area contributed by atoms with E-state index in [0.29, 0.717) is 48.1 Å². The van der Waals surface area contributed by atoms with E-state index in [-0.39, 0.29) is 29.7 Å². The maximum Gasteiger partial charge on any atom is 0.242 e. The van der Waals surface area contributed by atoms with Gasteiger partial charge in [-0.05, 0) is 49.2 Å². The van der Waals surface area contributed by atoms with E-state index in [4.69, 9.17) is 4.74 Å².